The molecule has 0 amide bonds. The minimum atomic E-state index is -3.40. The molecule has 1 aliphatic rings. The first kappa shape index (κ1) is 15.8. The Bertz CT molecular complexity index is 334. The number of hydrogen-bond donors (Lipinski definition) is 1. The molecule has 0 radical (unpaired) electrons. The van der Waals surface area contributed by atoms with Crippen molar-refractivity contribution in [2.24, 2.45) is 5.73 Å². The molecule has 18 heavy (non-hydrogen) atoms. The SMILES string of the molecule is CCN(CCOC)S(=O)(=O)N1CCCCC1CN. The Balaban J connectivity index is 2.81. The van der Waals surface area contributed by atoms with Gasteiger partial charge in [0.15, 0.2) is 0 Å². The van der Waals surface area contributed by atoms with E-state index in [2.05, 4.69) is 0 Å². The molecule has 1 fully saturated rings. The maximum atomic E-state index is 12.5. The van der Waals surface area contributed by atoms with E-state index in [0.29, 0.717) is 32.8 Å². The first-order valence-corrected chi connectivity index (χ1v) is 7.93. The average molecular weight is 279 g/mol. The van der Waals surface area contributed by atoms with E-state index in [0.717, 1.165) is 19.3 Å². The van der Waals surface area contributed by atoms with Crippen LogP contribution in [0.25, 0.3) is 0 Å². The van der Waals surface area contributed by atoms with Crippen molar-refractivity contribution in [3.63, 3.8) is 0 Å². The Morgan fingerprint density at radius 3 is 2.72 bits per heavy atom. The molecule has 1 unspecified atom stereocenters. The van der Waals surface area contributed by atoms with Gasteiger partial charge in [0.1, 0.15) is 0 Å². The Morgan fingerprint density at radius 2 is 2.17 bits per heavy atom. The molecule has 0 aliphatic carbocycles. The number of ether oxygens (including phenoxy) is 1. The summed E-state index contributed by atoms with van der Waals surface area (Å²) in [6, 6.07) is -0.0552. The fraction of sp³-hybridized carbons (Fsp3) is 1.00. The minimum Gasteiger partial charge on any atom is -0.383 e. The van der Waals surface area contributed by atoms with E-state index in [9.17, 15) is 8.42 Å². The Kier molecular flexibility index (Phi) is 6.51. The van der Waals surface area contributed by atoms with Crippen LogP contribution < -0.4 is 5.73 Å². The van der Waals surface area contributed by atoms with Crippen molar-refractivity contribution in [2.75, 3.05) is 39.9 Å². The second-order valence-corrected chi connectivity index (χ2v) is 6.37. The van der Waals surface area contributed by atoms with Gasteiger partial charge in [-0.1, -0.05) is 13.3 Å². The third-order valence-electron chi connectivity index (χ3n) is 3.37. The number of nitrogens with zero attached hydrogens (tertiary/aromatic N) is 2. The Labute approximate surface area is 110 Å². The molecular formula is C11H25N3O3S. The fourth-order valence-corrected chi connectivity index (χ4v) is 4.15. The molecule has 0 spiro atoms. The number of hydrogen-bond acceptors (Lipinski definition) is 4. The number of likely N-dealkylation sites (N-methyl/N-ethyl adjacent to an activating group) is 1. The predicted octanol–water partition coefficient (Wildman–Crippen LogP) is 0.0127. The summed E-state index contributed by atoms with van der Waals surface area (Å²) in [5.41, 5.74) is 5.68. The molecule has 2 N–H and O–H groups in total. The van der Waals surface area contributed by atoms with Gasteiger partial charge in [-0.3, -0.25) is 0 Å². The number of piperidine rings is 1. The van der Waals surface area contributed by atoms with Gasteiger partial charge >= 0.3 is 0 Å². The van der Waals surface area contributed by atoms with Crippen LogP contribution in [0.5, 0.6) is 0 Å². The van der Waals surface area contributed by atoms with Gasteiger partial charge in [0.2, 0.25) is 0 Å². The van der Waals surface area contributed by atoms with Crippen molar-refractivity contribution in [3.8, 4) is 0 Å². The molecular weight excluding hydrogens is 254 g/mol. The van der Waals surface area contributed by atoms with Gasteiger partial charge in [-0.05, 0) is 12.8 Å². The molecule has 6 nitrogen and oxygen atoms in total. The van der Waals surface area contributed by atoms with Crippen molar-refractivity contribution in [2.45, 2.75) is 32.2 Å². The third-order valence-corrected chi connectivity index (χ3v) is 5.53. The zero-order valence-electron chi connectivity index (χ0n) is 11.3. The topological polar surface area (TPSA) is 75.9 Å². The molecule has 0 saturated carbocycles. The van der Waals surface area contributed by atoms with Crippen molar-refractivity contribution in [1.82, 2.24) is 8.61 Å². The van der Waals surface area contributed by atoms with Crippen molar-refractivity contribution >= 4 is 10.2 Å². The van der Waals surface area contributed by atoms with Gasteiger partial charge in [0, 0.05) is 39.3 Å². The second-order valence-electron chi connectivity index (χ2n) is 4.49. The van der Waals surface area contributed by atoms with Gasteiger partial charge in [0.25, 0.3) is 10.2 Å². The Morgan fingerprint density at radius 1 is 1.44 bits per heavy atom. The normalized spacial score (nSPS) is 22.6. The van der Waals surface area contributed by atoms with Gasteiger partial charge in [-0.2, -0.15) is 17.0 Å². The molecule has 1 aliphatic heterocycles. The highest BCUT2D eigenvalue weighted by molar-refractivity contribution is 7.86. The molecule has 0 aromatic carbocycles. The van der Waals surface area contributed by atoms with Crippen LogP contribution in [0.3, 0.4) is 0 Å². The lowest BCUT2D eigenvalue weighted by Gasteiger charge is -2.37. The summed E-state index contributed by atoms with van der Waals surface area (Å²) in [6.45, 7) is 4.07. The summed E-state index contributed by atoms with van der Waals surface area (Å²) in [5, 5.41) is 0. The lowest BCUT2D eigenvalue weighted by molar-refractivity contribution is 0.172. The maximum Gasteiger partial charge on any atom is 0.282 e. The zero-order chi connectivity index (χ0) is 13.6. The van der Waals surface area contributed by atoms with Gasteiger partial charge < -0.3 is 10.5 Å². The number of rotatable bonds is 7. The van der Waals surface area contributed by atoms with Crippen LogP contribution >= 0.6 is 0 Å². The van der Waals surface area contributed by atoms with E-state index in [1.54, 1.807) is 11.4 Å². The summed E-state index contributed by atoms with van der Waals surface area (Å²) in [4.78, 5) is 0. The van der Waals surface area contributed by atoms with Crippen LogP contribution in [0.1, 0.15) is 26.2 Å². The summed E-state index contributed by atoms with van der Waals surface area (Å²) in [7, 11) is -1.83. The highest BCUT2D eigenvalue weighted by Crippen LogP contribution is 2.21. The van der Waals surface area contributed by atoms with E-state index >= 15 is 0 Å². The van der Waals surface area contributed by atoms with Gasteiger partial charge in [0.05, 0.1) is 6.61 Å². The molecule has 1 atom stereocenters. The number of nitrogens with two attached hydrogens (primary N) is 1. The summed E-state index contributed by atoms with van der Waals surface area (Å²) in [5.74, 6) is 0. The first-order valence-electron chi connectivity index (χ1n) is 6.53. The van der Waals surface area contributed by atoms with E-state index in [1.807, 2.05) is 6.92 Å². The van der Waals surface area contributed by atoms with Gasteiger partial charge in [-0.25, -0.2) is 0 Å². The smallest absolute Gasteiger partial charge is 0.282 e. The highest BCUT2D eigenvalue weighted by Gasteiger charge is 2.34. The molecule has 108 valence electrons. The molecule has 0 bridgehead atoms. The van der Waals surface area contributed by atoms with Crippen LogP contribution in [-0.2, 0) is 14.9 Å². The van der Waals surface area contributed by atoms with E-state index < -0.39 is 10.2 Å². The maximum absolute atomic E-state index is 12.5. The van der Waals surface area contributed by atoms with E-state index in [-0.39, 0.29) is 6.04 Å². The minimum absolute atomic E-state index is 0.0552. The lowest BCUT2D eigenvalue weighted by atomic mass is 10.1. The molecule has 1 saturated heterocycles. The van der Waals surface area contributed by atoms with E-state index in [4.69, 9.17) is 10.5 Å². The monoisotopic (exact) mass is 279 g/mol. The molecule has 0 aromatic heterocycles. The van der Waals surface area contributed by atoms with Crippen molar-refractivity contribution < 1.29 is 13.2 Å². The van der Waals surface area contributed by atoms with Crippen LogP contribution in [0, 0.1) is 0 Å². The standard InChI is InChI=1S/C11H25N3O3S/c1-3-13(8-9-17-2)18(15,16)14-7-5-4-6-11(14)10-12/h11H,3-10,12H2,1-2H3. The van der Waals surface area contributed by atoms with Crippen molar-refractivity contribution in [3.05, 3.63) is 0 Å². The van der Waals surface area contributed by atoms with Crippen LogP contribution in [0.2, 0.25) is 0 Å². The molecule has 1 heterocycles. The number of methoxy groups -OCH3 is 1. The molecule has 7 heteroatoms. The molecule has 0 aromatic rings. The third kappa shape index (κ3) is 3.64. The largest absolute Gasteiger partial charge is 0.383 e. The molecule has 1 rings (SSSR count). The average Bonchev–Trinajstić information content (AvgIpc) is 2.39. The fourth-order valence-electron chi connectivity index (χ4n) is 2.29. The summed E-state index contributed by atoms with van der Waals surface area (Å²) < 4.78 is 33.1. The quantitative estimate of drug-likeness (QED) is 0.712. The van der Waals surface area contributed by atoms with Crippen molar-refractivity contribution in [1.29, 1.82) is 0 Å². The first-order chi connectivity index (χ1) is 8.57. The van der Waals surface area contributed by atoms with E-state index in [1.165, 1.54) is 4.31 Å². The predicted molar refractivity (Wildman–Crippen MR) is 71.4 cm³/mol. The zero-order valence-corrected chi connectivity index (χ0v) is 12.2. The Hall–Kier alpha value is -0.210. The van der Waals surface area contributed by atoms with Crippen LogP contribution in [0.4, 0.5) is 0 Å². The van der Waals surface area contributed by atoms with Crippen LogP contribution in [0.15, 0.2) is 0 Å². The summed E-state index contributed by atoms with van der Waals surface area (Å²) in [6.07, 6.45) is 2.83. The summed E-state index contributed by atoms with van der Waals surface area (Å²) >= 11 is 0. The highest BCUT2D eigenvalue weighted by atomic mass is 32.2. The second kappa shape index (κ2) is 7.40. The lowest BCUT2D eigenvalue weighted by Crippen LogP contribution is -2.53. The van der Waals surface area contributed by atoms with Gasteiger partial charge in [-0.15, -0.1) is 0 Å². The van der Waals surface area contributed by atoms with Crippen LogP contribution in [-0.4, -0.2) is 63.0 Å².